The monoisotopic (exact) mass is 1280 g/mol. The maximum Gasteiger partial charge on any atom is 0.472 e. The van der Waals surface area contributed by atoms with Gasteiger partial charge >= 0.3 is 39.5 Å². The lowest BCUT2D eigenvalue weighted by Gasteiger charge is -2.21. The number of carbonyl (C=O) groups excluding carboxylic acids is 4. The van der Waals surface area contributed by atoms with E-state index in [1.54, 1.807) is 0 Å². The molecule has 0 saturated heterocycles. The minimum atomic E-state index is -4.95. The van der Waals surface area contributed by atoms with E-state index in [0.29, 0.717) is 31.6 Å². The van der Waals surface area contributed by atoms with Crippen molar-refractivity contribution in [2.45, 2.75) is 350 Å². The fraction of sp³-hybridized carbons (Fsp3) is 0.941. The van der Waals surface area contributed by atoms with Crippen molar-refractivity contribution in [2.75, 3.05) is 39.6 Å². The maximum absolute atomic E-state index is 13.0. The predicted octanol–water partition coefficient (Wildman–Crippen LogP) is 18.9. The van der Waals surface area contributed by atoms with Crippen molar-refractivity contribution >= 4 is 39.5 Å². The lowest BCUT2D eigenvalue weighted by molar-refractivity contribution is -0.161. The molecule has 0 aromatic carbocycles. The molecule has 0 spiro atoms. The molecule has 0 aliphatic carbocycles. The molecule has 19 heteroatoms. The molecule has 0 aromatic heterocycles. The second kappa shape index (κ2) is 57.9. The number of ether oxygens (including phenoxy) is 4. The van der Waals surface area contributed by atoms with Gasteiger partial charge in [0.15, 0.2) is 12.2 Å². The highest BCUT2D eigenvalue weighted by molar-refractivity contribution is 7.47. The fourth-order valence-corrected chi connectivity index (χ4v) is 11.7. The van der Waals surface area contributed by atoms with E-state index >= 15 is 0 Å². The number of aliphatic hydroxyl groups excluding tert-OH is 1. The van der Waals surface area contributed by atoms with Crippen LogP contribution in [0.5, 0.6) is 0 Å². The SMILES string of the molecule is CCC(C)CCCCCCCCC(=O)OC[C@H](COP(=O)(O)OC[C@H](O)COP(=O)(O)OC[C@@H](COC(=O)CCCCCCCCCCC(C)C)OC(=O)CCCCCCCCCCCCCCCCC(C)C)OC(=O)CCCCCCCCC(C)C. The van der Waals surface area contributed by atoms with Crippen LogP contribution in [0.4, 0.5) is 0 Å². The summed E-state index contributed by atoms with van der Waals surface area (Å²) in [6, 6.07) is 0. The molecule has 0 aromatic rings. The molecule has 0 saturated carbocycles. The Bertz CT molecular complexity index is 1730. The van der Waals surface area contributed by atoms with Crippen LogP contribution in [-0.4, -0.2) is 96.7 Å². The van der Waals surface area contributed by atoms with Gasteiger partial charge < -0.3 is 33.8 Å². The number of hydrogen-bond acceptors (Lipinski definition) is 15. The Morgan fingerprint density at radius 1 is 0.322 bits per heavy atom. The van der Waals surface area contributed by atoms with E-state index in [-0.39, 0.29) is 25.7 Å². The summed E-state index contributed by atoms with van der Waals surface area (Å²) in [7, 11) is -9.90. The molecule has 516 valence electrons. The maximum atomic E-state index is 13.0. The molecule has 0 rings (SSSR count). The molecule has 0 aliphatic rings. The van der Waals surface area contributed by atoms with Crippen molar-refractivity contribution in [2.24, 2.45) is 23.7 Å². The molecule has 17 nitrogen and oxygen atoms in total. The van der Waals surface area contributed by atoms with Gasteiger partial charge in [0.05, 0.1) is 26.4 Å². The number of phosphoric acid groups is 2. The van der Waals surface area contributed by atoms with Crippen molar-refractivity contribution in [1.82, 2.24) is 0 Å². The van der Waals surface area contributed by atoms with E-state index in [2.05, 4.69) is 55.4 Å². The average Bonchev–Trinajstić information content (AvgIpc) is 3.57. The normalized spacial score (nSPS) is 14.6. The largest absolute Gasteiger partial charge is 0.472 e. The van der Waals surface area contributed by atoms with Gasteiger partial charge in [-0.05, 0) is 49.4 Å². The molecule has 0 aliphatic heterocycles. The first kappa shape index (κ1) is 85.1. The van der Waals surface area contributed by atoms with Gasteiger partial charge in [-0.1, -0.05) is 280 Å². The lowest BCUT2D eigenvalue weighted by Crippen LogP contribution is -2.30. The zero-order valence-electron chi connectivity index (χ0n) is 56.6. The van der Waals surface area contributed by atoms with Gasteiger partial charge in [0, 0.05) is 25.7 Å². The Kier molecular flexibility index (Phi) is 56.6. The third-order valence-corrected chi connectivity index (χ3v) is 17.8. The first-order chi connectivity index (χ1) is 41.6. The van der Waals surface area contributed by atoms with Crippen LogP contribution in [0.25, 0.3) is 0 Å². The predicted molar refractivity (Wildman–Crippen MR) is 349 cm³/mol. The number of carbonyl (C=O) groups is 4. The van der Waals surface area contributed by atoms with Crippen LogP contribution in [-0.2, 0) is 65.4 Å². The average molecular weight is 1280 g/mol. The summed E-state index contributed by atoms with van der Waals surface area (Å²) < 4.78 is 68.1. The number of hydrogen-bond donors (Lipinski definition) is 3. The molecular formula is C68H132O17P2. The minimum absolute atomic E-state index is 0.101. The smallest absolute Gasteiger partial charge is 0.462 e. The second-order valence-electron chi connectivity index (χ2n) is 26.2. The highest BCUT2D eigenvalue weighted by Gasteiger charge is 2.30. The summed E-state index contributed by atoms with van der Waals surface area (Å²) in [5.74, 6) is 0.784. The Balaban J connectivity index is 5.22. The van der Waals surface area contributed by atoms with Crippen LogP contribution in [0, 0.1) is 23.7 Å². The fourth-order valence-electron chi connectivity index (χ4n) is 10.1. The van der Waals surface area contributed by atoms with Crippen LogP contribution in [0.2, 0.25) is 0 Å². The Morgan fingerprint density at radius 3 is 0.816 bits per heavy atom. The first-order valence-electron chi connectivity index (χ1n) is 35.2. The topological polar surface area (TPSA) is 237 Å². The Labute approximate surface area is 530 Å². The van der Waals surface area contributed by atoms with Crippen molar-refractivity contribution < 1.29 is 80.2 Å². The van der Waals surface area contributed by atoms with E-state index < -0.39 is 97.5 Å². The van der Waals surface area contributed by atoms with Gasteiger partial charge in [0.25, 0.3) is 0 Å². The Morgan fingerprint density at radius 2 is 0.552 bits per heavy atom. The summed E-state index contributed by atoms with van der Waals surface area (Å²) in [6.45, 7) is 14.0. The molecule has 0 heterocycles. The number of esters is 4. The number of unbranched alkanes of at least 4 members (excludes halogenated alkanes) is 30. The van der Waals surface area contributed by atoms with Crippen LogP contribution in [0.15, 0.2) is 0 Å². The third-order valence-electron chi connectivity index (χ3n) is 15.9. The number of rotatable bonds is 65. The summed E-state index contributed by atoms with van der Waals surface area (Å²) in [5.41, 5.74) is 0. The van der Waals surface area contributed by atoms with E-state index in [1.165, 1.54) is 128 Å². The molecule has 87 heavy (non-hydrogen) atoms. The standard InChI is InChI=1S/C68H132O17P2/c1-9-61(8)47-39-31-25-27-33-41-49-66(71)79-55-64(85-68(73)51-43-35-26-24-30-38-46-60(6)7)57-83-87(76,77)81-53-62(69)52-80-86(74,75)82-56-63(54-78-65(70)48-40-32-22-19-18-21-29-37-45-59(4)5)84-67(72)50-42-34-23-17-15-13-11-10-12-14-16-20-28-36-44-58(2)3/h58-64,69H,9-57H2,1-8H3,(H,74,75)(H,76,77)/t61?,62-,63-,64-/m1/s1. The molecule has 0 fully saturated rings. The molecule has 3 unspecified atom stereocenters. The van der Waals surface area contributed by atoms with Crippen LogP contribution >= 0.6 is 15.6 Å². The molecule has 3 N–H and O–H groups in total. The van der Waals surface area contributed by atoms with Gasteiger partial charge in [-0.25, -0.2) is 9.13 Å². The minimum Gasteiger partial charge on any atom is -0.462 e. The third kappa shape index (κ3) is 61.3. The molecular weight excluding hydrogens is 1150 g/mol. The van der Waals surface area contributed by atoms with Crippen molar-refractivity contribution in [3.8, 4) is 0 Å². The molecule has 6 atom stereocenters. The lowest BCUT2D eigenvalue weighted by atomic mass is 10.00. The quantitative estimate of drug-likeness (QED) is 0.0222. The summed E-state index contributed by atoms with van der Waals surface area (Å²) in [5, 5.41) is 10.6. The van der Waals surface area contributed by atoms with Crippen LogP contribution in [0.1, 0.15) is 331 Å². The molecule has 0 bridgehead atoms. The van der Waals surface area contributed by atoms with E-state index in [0.717, 1.165) is 114 Å². The molecule has 0 radical (unpaired) electrons. The zero-order valence-corrected chi connectivity index (χ0v) is 58.4. The number of aliphatic hydroxyl groups is 1. The van der Waals surface area contributed by atoms with Crippen LogP contribution in [0.3, 0.4) is 0 Å². The van der Waals surface area contributed by atoms with Crippen molar-refractivity contribution in [3.05, 3.63) is 0 Å². The Hall–Kier alpha value is -1.94. The highest BCUT2D eigenvalue weighted by atomic mass is 31.2. The van der Waals surface area contributed by atoms with Gasteiger partial charge in [-0.15, -0.1) is 0 Å². The zero-order chi connectivity index (χ0) is 64.7. The van der Waals surface area contributed by atoms with E-state index in [4.69, 9.17) is 37.0 Å². The van der Waals surface area contributed by atoms with Gasteiger partial charge in [0.1, 0.15) is 19.3 Å². The van der Waals surface area contributed by atoms with E-state index in [1.807, 2.05) is 0 Å². The van der Waals surface area contributed by atoms with Gasteiger partial charge in [-0.2, -0.15) is 0 Å². The highest BCUT2D eigenvalue weighted by Crippen LogP contribution is 2.45. The molecule has 0 amide bonds. The first-order valence-corrected chi connectivity index (χ1v) is 38.2. The van der Waals surface area contributed by atoms with E-state index in [9.17, 15) is 43.2 Å². The number of phosphoric ester groups is 2. The van der Waals surface area contributed by atoms with Crippen molar-refractivity contribution in [1.29, 1.82) is 0 Å². The summed E-state index contributed by atoms with van der Waals surface area (Å²) >= 11 is 0. The summed E-state index contributed by atoms with van der Waals surface area (Å²) in [4.78, 5) is 72.4. The van der Waals surface area contributed by atoms with Crippen LogP contribution < -0.4 is 0 Å². The van der Waals surface area contributed by atoms with Gasteiger partial charge in [-0.3, -0.25) is 37.3 Å². The second-order valence-corrected chi connectivity index (χ2v) is 29.1. The van der Waals surface area contributed by atoms with Gasteiger partial charge in [0.2, 0.25) is 0 Å². The van der Waals surface area contributed by atoms with Crippen molar-refractivity contribution in [3.63, 3.8) is 0 Å². The summed E-state index contributed by atoms with van der Waals surface area (Å²) in [6.07, 6.45) is 39.2.